The Bertz CT molecular complexity index is 770. The first-order chi connectivity index (χ1) is 13.7. The molecule has 2 aromatic rings. The summed E-state index contributed by atoms with van der Waals surface area (Å²) in [6.07, 6.45) is 7.71. The third kappa shape index (κ3) is 4.67. The van der Waals surface area contributed by atoms with Crippen LogP contribution in [0.2, 0.25) is 0 Å². The normalized spacial score (nSPS) is 21.6. The summed E-state index contributed by atoms with van der Waals surface area (Å²) in [7, 11) is 0. The molecule has 0 spiro atoms. The molecule has 2 saturated heterocycles. The van der Waals surface area contributed by atoms with Gasteiger partial charge in [-0.15, -0.1) is 0 Å². The van der Waals surface area contributed by atoms with Crippen molar-refractivity contribution in [2.75, 3.05) is 26.2 Å². The first kappa shape index (κ1) is 18.9. The molecule has 150 valence electrons. The maximum Gasteiger partial charge on any atom is 0.317 e. The van der Waals surface area contributed by atoms with Gasteiger partial charge in [-0.1, -0.05) is 6.07 Å². The SMILES string of the molecule is Cc1nc(C2CCN(C(=O)N[C@H]3CCCN(Cc4cccnc4)C3)CC2)n[nH]1. The number of aryl methyl sites for hydroxylation is 1. The third-order valence-corrected chi connectivity index (χ3v) is 5.72. The Morgan fingerprint density at radius 1 is 1.29 bits per heavy atom. The van der Waals surface area contributed by atoms with Gasteiger partial charge in [0.1, 0.15) is 5.82 Å². The summed E-state index contributed by atoms with van der Waals surface area (Å²) >= 11 is 0. The summed E-state index contributed by atoms with van der Waals surface area (Å²) in [6.45, 7) is 6.30. The van der Waals surface area contributed by atoms with E-state index in [2.05, 4.69) is 36.4 Å². The average molecular weight is 384 g/mol. The third-order valence-electron chi connectivity index (χ3n) is 5.72. The second-order valence-electron chi connectivity index (χ2n) is 7.93. The van der Waals surface area contributed by atoms with Crippen LogP contribution in [0.5, 0.6) is 0 Å². The van der Waals surface area contributed by atoms with Crippen molar-refractivity contribution >= 4 is 6.03 Å². The predicted octanol–water partition coefficient (Wildman–Crippen LogP) is 2.06. The van der Waals surface area contributed by atoms with Gasteiger partial charge >= 0.3 is 6.03 Å². The van der Waals surface area contributed by atoms with Gasteiger partial charge in [-0.3, -0.25) is 15.0 Å². The first-order valence-corrected chi connectivity index (χ1v) is 10.2. The number of H-pyrrole nitrogens is 1. The molecule has 0 aliphatic carbocycles. The highest BCUT2D eigenvalue weighted by Gasteiger charge is 2.28. The number of hydrogen-bond donors (Lipinski definition) is 2. The fraction of sp³-hybridized carbons (Fsp3) is 0.600. The molecule has 8 nitrogen and oxygen atoms in total. The lowest BCUT2D eigenvalue weighted by molar-refractivity contribution is 0.154. The van der Waals surface area contributed by atoms with E-state index in [-0.39, 0.29) is 12.1 Å². The zero-order valence-electron chi connectivity index (χ0n) is 16.5. The number of pyridine rings is 1. The van der Waals surface area contributed by atoms with Gasteiger partial charge in [-0.25, -0.2) is 9.78 Å². The Balaban J connectivity index is 1.24. The molecule has 2 aliphatic heterocycles. The van der Waals surface area contributed by atoms with E-state index in [9.17, 15) is 4.79 Å². The number of nitrogens with zero attached hydrogens (tertiary/aromatic N) is 5. The molecule has 2 aromatic heterocycles. The molecule has 0 aromatic carbocycles. The molecule has 8 heteroatoms. The van der Waals surface area contributed by atoms with E-state index >= 15 is 0 Å². The number of aromatic nitrogens is 4. The Morgan fingerprint density at radius 3 is 2.86 bits per heavy atom. The molecular formula is C20H29N7O. The molecule has 2 fully saturated rings. The molecule has 0 unspecified atom stereocenters. The van der Waals surface area contributed by atoms with E-state index in [1.165, 1.54) is 5.56 Å². The Kier molecular flexibility index (Phi) is 5.85. The van der Waals surface area contributed by atoms with Crippen LogP contribution in [0.3, 0.4) is 0 Å². The van der Waals surface area contributed by atoms with Crippen LogP contribution in [0, 0.1) is 6.92 Å². The highest BCUT2D eigenvalue weighted by molar-refractivity contribution is 5.74. The maximum atomic E-state index is 12.7. The number of nitrogens with one attached hydrogen (secondary N) is 2. The summed E-state index contributed by atoms with van der Waals surface area (Å²) in [5, 5.41) is 10.4. The van der Waals surface area contributed by atoms with Gasteiger partial charge in [0.15, 0.2) is 5.82 Å². The standard InChI is InChI=1S/C20H29N7O/c1-15-22-19(25-24-15)17-6-10-27(11-7-17)20(28)23-18-5-3-9-26(14-18)13-16-4-2-8-21-12-16/h2,4,8,12,17-18H,3,5-7,9-11,13-14H2,1H3,(H,23,28)(H,22,24,25)/t18-/m0/s1. The van der Waals surface area contributed by atoms with Crippen LogP contribution < -0.4 is 5.32 Å². The number of urea groups is 1. The molecule has 2 N–H and O–H groups in total. The van der Waals surface area contributed by atoms with E-state index < -0.39 is 0 Å². The minimum Gasteiger partial charge on any atom is -0.334 e. The quantitative estimate of drug-likeness (QED) is 0.843. The van der Waals surface area contributed by atoms with Crippen molar-refractivity contribution in [1.82, 2.24) is 35.3 Å². The predicted molar refractivity (Wildman–Crippen MR) is 106 cm³/mol. The lowest BCUT2D eigenvalue weighted by Crippen LogP contribution is -2.52. The van der Waals surface area contributed by atoms with Crippen LogP contribution >= 0.6 is 0 Å². The molecule has 0 saturated carbocycles. The topological polar surface area (TPSA) is 90.0 Å². The Hall–Kier alpha value is -2.48. The lowest BCUT2D eigenvalue weighted by atomic mass is 9.96. The molecule has 0 radical (unpaired) electrons. The van der Waals surface area contributed by atoms with E-state index in [0.717, 1.165) is 70.1 Å². The van der Waals surface area contributed by atoms with Crippen LogP contribution in [0.1, 0.15) is 48.8 Å². The molecule has 4 heterocycles. The minimum atomic E-state index is 0.0674. The Morgan fingerprint density at radius 2 is 2.14 bits per heavy atom. The van der Waals surface area contributed by atoms with Gasteiger partial charge < -0.3 is 10.2 Å². The maximum absolute atomic E-state index is 12.7. The fourth-order valence-corrected chi connectivity index (χ4v) is 4.22. The van der Waals surface area contributed by atoms with E-state index in [0.29, 0.717) is 5.92 Å². The number of amides is 2. The fourth-order valence-electron chi connectivity index (χ4n) is 4.22. The number of carbonyl (C=O) groups is 1. The number of carbonyl (C=O) groups excluding carboxylic acids is 1. The average Bonchev–Trinajstić information content (AvgIpc) is 3.15. The van der Waals surface area contributed by atoms with Gasteiger partial charge in [0.2, 0.25) is 0 Å². The largest absolute Gasteiger partial charge is 0.334 e. The summed E-state index contributed by atoms with van der Waals surface area (Å²) in [4.78, 5) is 25.7. The van der Waals surface area contributed by atoms with Crippen LogP contribution in [-0.4, -0.2) is 68.2 Å². The van der Waals surface area contributed by atoms with Crippen LogP contribution in [-0.2, 0) is 6.54 Å². The van der Waals surface area contributed by atoms with Gasteiger partial charge in [-0.05, 0) is 50.8 Å². The zero-order valence-corrected chi connectivity index (χ0v) is 16.5. The summed E-state index contributed by atoms with van der Waals surface area (Å²) in [6, 6.07) is 4.36. The zero-order chi connectivity index (χ0) is 19.3. The number of hydrogen-bond acceptors (Lipinski definition) is 5. The van der Waals surface area contributed by atoms with Gasteiger partial charge in [-0.2, -0.15) is 5.10 Å². The monoisotopic (exact) mass is 383 g/mol. The molecule has 1 atom stereocenters. The van der Waals surface area contributed by atoms with E-state index in [1.807, 2.05) is 24.1 Å². The van der Waals surface area contributed by atoms with Crippen molar-refractivity contribution < 1.29 is 4.79 Å². The van der Waals surface area contributed by atoms with Gasteiger partial charge in [0.25, 0.3) is 0 Å². The smallest absolute Gasteiger partial charge is 0.317 e. The molecule has 2 amide bonds. The molecule has 4 rings (SSSR count). The van der Waals surface area contributed by atoms with Crippen molar-refractivity contribution in [3.63, 3.8) is 0 Å². The van der Waals surface area contributed by atoms with Gasteiger partial charge in [0, 0.05) is 50.5 Å². The molecular weight excluding hydrogens is 354 g/mol. The molecule has 28 heavy (non-hydrogen) atoms. The van der Waals surface area contributed by atoms with Gasteiger partial charge in [0.05, 0.1) is 0 Å². The second kappa shape index (κ2) is 8.68. The molecule has 0 bridgehead atoms. The van der Waals surface area contributed by atoms with Crippen LogP contribution in [0.15, 0.2) is 24.5 Å². The summed E-state index contributed by atoms with van der Waals surface area (Å²) < 4.78 is 0. The minimum absolute atomic E-state index is 0.0674. The van der Waals surface area contributed by atoms with Crippen LogP contribution in [0.4, 0.5) is 4.79 Å². The van der Waals surface area contributed by atoms with E-state index in [1.54, 1.807) is 6.20 Å². The van der Waals surface area contributed by atoms with Crippen LogP contribution in [0.25, 0.3) is 0 Å². The van der Waals surface area contributed by atoms with Crippen molar-refractivity contribution in [2.45, 2.75) is 51.1 Å². The van der Waals surface area contributed by atoms with Crippen molar-refractivity contribution in [1.29, 1.82) is 0 Å². The number of piperidine rings is 2. The summed E-state index contributed by atoms with van der Waals surface area (Å²) in [5.74, 6) is 2.08. The summed E-state index contributed by atoms with van der Waals surface area (Å²) in [5.41, 5.74) is 1.22. The number of likely N-dealkylation sites (tertiary alicyclic amines) is 2. The van der Waals surface area contributed by atoms with Crippen molar-refractivity contribution in [3.8, 4) is 0 Å². The van der Waals surface area contributed by atoms with E-state index in [4.69, 9.17) is 0 Å². The molecule has 2 aliphatic rings. The van der Waals surface area contributed by atoms with Crippen molar-refractivity contribution in [2.24, 2.45) is 0 Å². The Labute approximate surface area is 165 Å². The first-order valence-electron chi connectivity index (χ1n) is 10.2. The van der Waals surface area contributed by atoms with Crippen molar-refractivity contribution in [3.05, 3.63) is 41.7 Å². The number of aromatic amines is 1. The highest BCUT2D eigenvalue weighted by Crippen LogP contribution is 2.25. The number of rotatable bonds is 4. The highest BCUT2D eigenvalue weighted by atomic mass is 16.2. The lowest BCUT2D eigenvalue weighted by Gasteiger charge is -2.36. The second-order valence-corrected chi connectivity index (χ2v) is 7.93.